The summed E-state index contributed by atoms with van der Waals surface area (Å²) in [4.78, 5) is 0. The lowest BCUT2D eigenvalue weighted by Crippen LogP contribution is -2.17. The van der Waals surface area contributed by atoms with Gasteiger partial charge in [-0.1, -0.05) is 62.3 Å². The third kappa shape index (κ3) is 7.45. The van der Waals surface area contributed by atoms with Crippen molar-refractivity contribution in [3.05, 3.63) is 60.2 Å². The zero-order chi connectivity index (χ0) is 20.3. The van der Waals surface area contributed by atoms with Gasteiger partial charge in [-0.25, -0.2) is 0 Å². The molecule has 1 aromatic rings. The Bertz CT molecular complexity index is 598. The molecule has 1 nitrogen and oxygen atoms in total. The van der Waals surface area contributed by atoms with E-state index in [1.165, 1.54) is 69.8 Å². The topological polar surface area (TPSA) is 9.23 Å². The van der Waals surface area contributed by atoms with E-state index in [-0.39, 0.29) is 0 Å². The lowest BCUT2D eigenvalue weighted by Gasteiger charge is -2.31. The first-order chi connectivity index (χ1) is 14.3. The average Bonchev–Trinajstić information content (AvgIpc) is 2.79. The first-order valence-electron chi connectivity index (χ1n) is 12.2. The number of benzene rings is 1. The molecule has 2 aliphatic rings. The van der Waals surface area contributed by atoms with Crippen LogP contribution in [0.4, 0.5) is 0 Å². The fraction of sp³-hybridized carbons (Fsp3) is 0.643. The molecule has 0 aliphatic heterocycles. The van der Waals surface area contributed by atoms with E-state index >= 15 is 0 Å². The predicted molar refractivity (Wildman–Crippen MR) is 125 cm³/mol. The SMILES string of the molecule is C=C[C@H]1CC[C@H](CC[C@H]2CC[C@H](c3ccc(COCC=CCC)cc3)CC2)CC1. The molecule has 1 aromatic carbocycles. The first-order valence-corrected chi connectivity index (χ1v) is 12.2. The zero-order valence-electron chi connectivity index (χ0n) is 18.7. The molecule has 3 rings (SSSR count). The fourth-order valence-corrected chi connectivity index (χ4v) is 5.33. The van der Waals surface area contributed by atoms with Crippen LogP contribution in [0, 0.1) is 17.8 Å². The van der Waals surface area contributed by atoms with Gasteiger partial charge in [0.2, 0.25) is 0 Å². The van der Waals surface area contributed by atoms with Gasteiger partial charge in [-0.2, -0.15) is 0 Å². The van der Waals surface area contributed by atoms with Gasteiger partial charge in [0.05, 0.1) is 13.2 Å². The van der Waals surface area contributed by atoms with Crippen molar-refractivity contribution in [2.45, 2.75) is 90.1 Å². The largest absolute Gasteiger partial charge is 0.373 e. The lowest BCUT2D eigenvalue weighted by molar-refractivity contribution is 0.148. The molecule has 0 atom stereocenters. The minimum Gasteiger partial charge on any atom is -0.373 e. The molecule has 0 amide bonds. The second kappa shape index (κ2) is 12.4. The summed E-state index contributed by atoms with van der Waals surface area (Å²) < 4.78 is 5.72. The van der Waals surface area contributed by atoms with Crippen LogP contribution >= 0.6 is 0 Å². The van der Waals surface area contributed by atoms with Crippen molar-refractivity contribution in [3.63, 3.8) is 0 Å². The number of hydrogen-bond acceptors (Lipinski definition) is 1. The van der Waals surface area contributed by atoms with Crippen molar-refractivity contribution in [1.82, 2.24) is 0 Å². The van der Waals surface area contributed by atoms with Gasteiger partial charge in [0.15, 0.2) is 0 Å². The number of hydrogen-bond donors (Lipinski definition) is 0. The maximum Gasteiger partial charge on any atom is 0.0721 e. The summed E-state index contributed by atoms with van der Waals surface area (Å²) in [5.41, 5.74) is 2.83. The van der Waals surface area contributed by atoms with Crippen molar-refractivity contribution in [1.29, 1.82) is 0 Å². The molecular formula is C28H42O. The van der Waals surface area contributed by atoms with Crippen LogP contribution in [0.1, 0.15) is 94.6 Å². The van der Waals surface area contributed by atoms with Crippen LogP contribution in [0.5, 0.6) is 0 Å². The molecule has 2 fully saturated rings. The Kier molecular flexibility index (Phi) is 9.54. The highest BCUT2D eigenvalue weighted by Gasteiger charge is 2.24. The van der Waals surface area contributed by atoms with Gasteiger partial charge in [0.1, 0.15) is 0 Å². The Balaban J connectivity index is 1.33. The Morgan fingerprint density at radius 3 is 2.07 bits per heavy atom. The molecule has 0 radical (unpaired) electrons. The third-order valence-electron chi connectivity index (χ3n) is 7.39. The summed E-state index contributed by atoms with van der Waals surface area (Å²) in [5.74, 6) is 3.55. The van der Waals surface area contributed by atoms with Crippen LogP contribution < -0.4 is 0 Å². The van der Waals surface area contributed by atoms with Crippen LogP contribution in [0.25, 0.3) is 0 Å². The molecule has 2 aliphatic carbocycles. The maximum atomic E-state index is 5.72. The normalized spacial score (nSPS) is 27.9. The Morgan fingerprint density at radius 2 is 1.48 bits per heavy atom. The standard InChI is InChI=1S/C28H42O/c1-3-5-6-21-29-22-26-15-19-28(20-16-26)27-17-13-25(14-18-27)12-11-24-9-7-23(4-2)8-10-24/h4-6,15-16,19-20,23-25,27H,2-3,7-14,17-18,21-22H2,1H3/t23-,24-,25-,27-. The van der Waals surface area contributed by atoms with Gasteiger partial charge in [0, 0.05) is 0 Å². The van der Waals surface area contributed by atoms with Gasteiger partial charge in [-0.3, -0.25) is 0 Å². The molecule has 29 heavy (non-hydrogen) atoms. The summed E-state index contributed by atoms with van der Waals surface area (Å²) in [6.07, 6.45) is 21.8. The maximum absolute atomic E-state index is 5.72. The number of allylic oxidation sites excluding steroid dienone is 2. The molecule has 0 aromatic heterocycles. The van der Waals surface area contributed by atoms with E-state index < -0.39 is 0 Å². The molecule has 0 heterocycles. The highest BCUT2D eigenvalue weighted by molar-refractivity contribution is 5.25. The van der Waals surface area contributed by atoms with Crippen molar-refractivity contribution in [3.8, 4) is 0 Å². The second-order valence-corrected chi connectivity index (χ2v) is 9.45. The van der Waals surface area contributed by atoms with E-state index in [0.29, 0.717) is 0 Å². The van der Waals surface area contributed by atoms with E-state index in [4.69, 9.17) is 4.74 Å². The second-order valence-electron chi connectivity index (χ2n) is 9.45. The zero-order valence-corrected chi connectivity index (χ0v) is 18.7. The van der Waals surface area contributed by atoms with Gasteiger partial charge in [-0.15, -0.1) is 6.58 Å². The van der Waals surface area contributed by atoms with Crippen molar-refractivity contribution >= 4 is 0 Å². The third-order valence-corrected chi connectivity index (χ3v) is 7.39. The van der Waals surface area contributed by atoms with Gasteiger partial charge in [-0.05, 0) is 92.6 Å². The highest BCUT2D eigenvalue weighted by atomic mass is 16.5. The summed E-state index contributed by atoms with van der Waals surface area (Å²) in [7, 11) is 0. The Labute approximate surface area is 179 Å². The Morgan fingerprint density at radius 1 is 0.862 bits per heavy atom. The monoisotopic (exact) mass is 394 g/mol. The predicted octanol–water partition coefficient (Wildman–Crippen LogP) is 8.22. The molecule has 0 spiro atoms. The first kappa shape index (κ1) is 22.3. The summed E-state index contributed by atoms with van der Waals surface area (Å²) in [5, 5.41) is 0. The van der Waals surface area contributed by atoms with Crippen LogP contribution in [-0.2, 0) is 11.3 Å². The molecule has 0 N–H and O–H groups in total. The van der Waals surface area contributed by atoms with Crippen molar-refractivity contribution < 1.29 is 4.74 Å². The van der Waals surface area contributed by atoms with Crippen LogP contribution in [0.15, 0.2) is 49.1 Å². The van der Waals surface area contributed by atoms with Crippen molar-refractivity contribution in [2.24, 2.45) is 17.8 Å². The Hall–Kier alpha value is -1.34. The van der Waals surface area contributed by atoms with E-state index in [1.807, 2.05) is 0 Å². The molecule has 0 saturated heterocycles. The summed E-state index contributed by atoms with van der Waals surface area (Å²) >= 11 is 0. The van der Waals surface area contributed by atoms with Gasteiger partial charge in [0.25, 0.3) is 0 Å². The molecule has 1 heteroatoms. The van der Waals surface area contributed by atoms with Crippen LogP contribution in [0.2, 0.25) is 0 Å². The molecular weight excluding hydrogens is 352 g/mol. The van der Waals surface area contributed by atoms with E-state index in [1.54, 1.807) is 5.56 Å². The van der Waals surface area contributed by atoms with Crippen LogP contribution in [-0.4, -0.2) is 6.61 Å². The molecule has 0 bridgehead atoms. The number of ether oxygens (including phenoxy) is 1. The average molecular weight is 395 g/mol. The lowest BCUT2D eigenvalue weighted by atomic mass is 9.74. The van der Waals surface area contributed by atoms with Crippen LogP contribution in [0.3, 0.4) is 0 Å². The van der Waals surface area contributed by atoms with Gasteiger partial charge >= 0.3 is 0 Å². The molecule has 0 unspecified atom stereocenters. The molecule has 2 saturated carbocycles. The quantitative estimate of drug-likeness (QED) is 0.287. The summed E-state index contributed by atoms with van der Waals surface area (Å²) in [6.45, 7) is 7.57. The summed E-state index contributed by atoms with van der Waals surface area (Å²) in [6, 6.07) is 9.24. The number of rotatable bonds is 10. The minimum absolute atomic E-state index is 0.718. The molecule has 160 valence electrons. The van der Waals surface area contributed by atoms with E-state index in [9.17, 15) is 0 Å². The fourth-order valence-electron chi connectivity index (χ4n) is 5.33. The van der Waals surface area contributed by atoms with Gasteiger partial charge < -0.3 is 4.74 Å². The van der Waals surface area contributed by atoms with E-state index in [0.717, 1.165) is 43.3 Å². The minimum atomic E-state index is 0.718. The smallest absolute Gasteiger partial charge is 0.0721 e. The van der Waals surface area contributed by atoms with Crippen molar-refractivity contribution in [2.75, 3.05) is 6.61 Å². The highest BCUT2D eigenvalue weighted by Crippen LogP contribution is 2.39. The van der Waals surface area contributed by atoms with E-state index in [2.05, 4.69) is 56.0 Å².